The van der Waals surface area contributed by atoms with E-state index < -0.39 is 0 Å². The van der Waals surface area contributed by atoms with E-state index in [4.69, 9.17) is 5.73 Å². The van der Waals surface area contributed by atoms with E-state index in [1.54, 1.807) is 0 Å². The Balaban J connectivity index is 2.49. The normalized spacial score (nSPS) is 11.7. The van der Waals surface area contributed by atoms with Gasteiger partial charge in [0.15, 0.2) is 0 Å². The summed E-state index contributed by atoms with van der Waals surface area (Å²) in [6, 6.07) is 7.75. The molecule has 0 atom stereocenters. The molecule has 3 nitrogen and oxygen atoms in total. The SMILES string of the molecule is CC(C)(C)c1snnc1-c1ccc(N)cc1. The Labute approximate surface area is 99.5 Å². The molecule has 0 saturated heterocycles. The van der Waals surface area contributed by atoms with E-state index in [0.717, 1.165) is 16.9 Å². The van der Waals surface area contributed by atoms with E-state index in [0.29, 0.717) is 0 Å². The Morgan fingerprint density at radius 2 is 1.75 bits per heavy atom. The van der Waals surface area contributed by atoms with Gasteiger partial charge in [-0.25, -0.2) is 0 Å². The van der Waals surface area contributed by atoms with Crippen LogP contribution in [0.4, 0.5) is 5.69 Å². The van der Waals surface area contributed by atoms with Gasteiger partial charge < -0.3 is 5.73 Å². The number of nitrogens with zero attached hydrogens (tertiary/aromatic N) is 2. The van der Waals surface area contributed by atoms with Crippen molar-refractivity contribution >= 4 is 17.2 Å². The summed E-state index contributed by atoms with van der Waals surface area (Å²) < 4.78 is 4.05. The highest BCUT2D eigenvalue weighted by atomic mass is 32.1. The molecule has 1 aromatic heterocycles. The molecule has 0 bridgehead atoms. The maximum atomic E-state index is 5.67. The predicted octanol–water partition coefficient (Wildman–Crippen LogP) is 3.08. The summed E-state index contributed by atoms with van der Waals surface area (Å²) >= 11 is 1.46. The van der Waals surface area contributed by atoms with Crippen LogP contribution in [0.25, 0.3) is 11.3 Å². The van der Waals surface area contributed by atoms with Crippen LogP contribution in [0.1, 0.15) is 25.6 Å². The second-order valence-corrected chi connectivity index (χ2v) is 5.58. The lowest BCUT2D eigenvalue weighted by atomic mass is 9.91. The van der Waals surface area contributed by atoms with Crippen molar-refractivity contribution in [1.29, 1.82) is 0 Å². The van der Waals surface area contributed by atoms with Crippen LogP contribution in [0.3, 0.4) is 0 Å². The summed E-state index contributed by atoms with van der Waals surface area (Å²) in [5, 5.41) is 4.21. The molecule has 0 radical (unpaired) electrons. The largest absolute Gasteiger partial charge is 0.399 e. The summed E-state index contributed by atoms with van der Waals surface area (Å²) in [4.78, 5) is 1.21. The van der Waals surface area contributed by atoms with Crippen molar-refractivity contribution in [2.75, 3.05) is 5.73 Å². The van der Waals surface area contributed by atoms with Crippen molar-refractivity contribution in [3.8, 4) is 11.3 Å². The van der Waals surface area contributed by atoms with Crippen molar-refractivity contribution in [2.24, 2.45) is 0 Å². The molecule has 2 rings (SSSR count). The first-order valence-corrected chi connectivity index (χ1v) is 5.94. The number of benzene rings is 1. The number of anilines is 1. The lowest BCUT2D eigenvalue weighted by Gasteiger charge is -2.16. The molecule has 4 heteroatoms. The monoisotopic (exact) mass is 233 g/mol. The second-order valence-electron chi connectivity index (χ2n) is 4.82. The Morgan fingerprint density at radius 3 is 2.31 bits per heavy atom. The number of hydrogen-bond donors (Lipinski definition) is 1. The Bertz CT molecular complexity index is 480. The summed E-state index contributed by atoms with van der Waals surface area (Å²) in [6.45, 7) is 6.51. The number of nitrogens with two attached hydrogens (primary N) is 1. The van der Waals surface area contributed by atoms with E-state index in [-0.39, 0.29) is 5.41 Å². The van der Waals surface area contributed by atoms with Gasteiger partial charge >= 0.3 is 0 Å². The van der Waals surface area contributed by atoms with Gasteiger partial charge in [-0.05, 0) is 23.7 Å². The number of nitrogen functional groups attached to an aromatic ring is 1. The third kappa shape index (κ3) is 2.07. The lowest BCUT2D eigenvalue weighted by molar-refractivity contribution is 0.604. The molecular weight excluding hydrogens is 218 g/mol. The fraction of sp³-hybridized carbons (Fsp3) is 0.333. The summed E-state index contributed by atoms with van der Waals surface area (Å²) in [6.07, 6.45) is 0. The van der Waals surface area contributed by atoms with Gasteiger partial charge in [-0.15, -0.1) is 5.10 Å². The minimum Gasteiger partial charge on any atom is -0.399 e. The molecular formula is C12H15N3S. The van der Waals surface area contributed by atoms with Crippen LogP contribution in [0.15, 0.2) is 24.3 Å². The molecule has 0 spiro atoms. The molecule has 16 heavy (non-hydrogen) atoms. The molecule has 0 aliphatic heterocycles. The Morgan fingerprint density at radius 1 is 1.12 bits per heavy atom. The highest BCUT2D eigenvalue weighted by Crippen LogP contribution is 2.34. The quantitative estimate of drug-likeness (QED) is 0.770. The van der Waals surface area contributed by atoms with Gasteiger partial charge in [0.05, 0.1) is 4.88 Å². The van der Waals surface area contributed by atoms with Gasteiger partial charge in [-0.3, -0.25) is 0 Å². The zero-order valence-corrected chi connectivity index (χ0v) is 10.5. The molecule has 0 fully saturated rings. The van der Waals surface area contributed by atoms with Gasteiger partial charge in [-0.1, -0.05) is 37.4 Å². The van der Waals surface area contributed by atoms with Crippen LogP contribution in [-0.2, 0) is 5.41 Å². The van der Waals surface area contributed by atoms with E-state index in [1.165, 1.54) is 16.4 Å². The van der Waals surface area contributed by atoms with Crippen LogP contribution < -0.4 is 5.73 Å². The fourth-order valence-corrected chi connectivity index (χ4v) is 2.24. The van der Waals surface area contributed by atoms with Gasteiger partial charge in [0.2, 0.25) is 0 Å². The first kappa shape index (κ1) is 11.1. The average molecular weight is 233 g/mol. The maximum Gasteiger partial charge on any atom is 0.109 e. The van der Waals surface area contributed by atoms with Gasteiger partial charge in [0, 0.05) is 16.7 Å². The summed E-state index contributed by atoms with van der Waals surface area (Å²) in [5.41, 5.74) is 8.56. The van der Waals surface area contributed by atoms with Crippen molar-refractivity contribution in [3.05, 3.63) is 29.1 Å². The highest BCUT2D eigenvalue weighted by molar-refractivity contribution is 7.06. The lowest BCUT2D eigenvalue weighted by Crippen LogP contribution is -2.10. The first-order valence-electron chi connectivity index (χ1n) is 5.17. The molecule has 2 aromatic rings. The van der Waals surface area contributed by atoms with Gasteiger partial charge in [0.25, 0.3) is 0 Å². The smallest absolute Gasteiger partial charge is 0.109 e. The highest BCUT2D eigenvalue weighted by Gasteiger charge is 2.22. The zero-order chi connectivity index (χ0) is 11.8. The average Bonchev–Trinajstić information content (AvgIpc) is 2.66. The number of hydrogen-bond acceptors (Lipinski definition) is 4. The van der Waals surface area contributed by atoms with Crippen LogP contribution in [0.2, 0.25) is 0 Å². The molecule has 0 aliphatic rings. The third-order valence-corrected chi connectivity index (χ3v) is 3.50. The van der Waals surface area contributed by atoms with E-state index in [2.05, 4.69) is 30.4 Å². The van der Waals surface area contributed by atoms with Crippen molar-refractivity contribution in [1.82, 2.24) is 9.59 Å². The molecule has 0 unspecified atom stereocenters. The van der Waals surface area contributed by atoms with Crippen LogP contribution in [0, 0.1) is 0 Å². The zero-order valence-electron chi connectivity index (χ0n) is 9.69. The minimum atomic E-state index is 0.0743. The predicted molar refractivity (Wildman–Crippen MR) is 68.5 cm³/mol. The Hall–Kier alpha value is -1.42. The van der Waals surface area contributed by atoms with Crippen LogP contribution in [0.5, 0.6) is 0 Å². The fourth-order valence-electron chi connectivity index (χ4n) is 1.51. The van der Waals surface area contributed by atoms with Crippen LogP contribution in [-0.4, -0.2) is 9.59 Å². The summed E-state index contributed by atoms with van der Waals surface area (Å²) in [5.74, 6) is 0. The molecule has 0 saturated carbocycles. The number of aromatic nitrogens is 2. The van der Waals surface area contributed by atoms with Gasteiger partial charge in [-0.2, -0.15) is 0 Å². The standard InChI is InChI=1S/C12H15N3S/c1-12(2,3)11-10(14-15-16-11)8-4-6-9(13)7-5-8/h4-7H,13H2,1-3H3. The first-order chi connectivity index (χ1) is 7.48. The maximum absolute atomic E-state index is 5.67. The molecule has 1 heterocycles. The van der Waals surface area contributed by atoms with Crippen molar-refractivity contribution < 1.29 is 0 Å². The van der Waals surface area contributed by atoms with E-state index in [1.807, 2.05) is 24.3 Å². The molecule has 2 N–H and O–H groups in total. The Kier molecular flexibility index (Phi) is 2.68. The molecule has 84 valence electrons. The van der Waals surface area contributed by atoms with Crippen LogP contribution >= 0.6 is 11.5 Å². The van der Waals surface area contributed by atoms with Gasteiger partial charge in [0.1, 0.15) is 5.69 Å². The minimum absolute atomic E-state index is 0.0743. The van der Waals surface area contributed by atoms with E-state index in [9.17, 15) is 0 Å². The second kappa shape index (κ2) is 3.87. The molecule has 1 aromatic carbocycles. The summed E-state index contributed by atoms with van der Waals surface area (Å²) in [7, 11) is 0. The van der Waals surface area contributed by atoms with E-state index >= 15 is 0 Å². The van der Waals surface area contributed by atoms with Crippen molar-refractivity contribution in [2.45, 2.75) is 26.2 Å². The van der Waals surface area contributed by atoms with Crippen molar-refractivity contribution in [3.63, 3.8) is 0 Å². The third-order valence-electron chi connectivity index (χ3n) is 2.35. The molecule has 0 amide bonds. The molecule has 0 aliphatic carbocycles. The topological polar surface area (TPSA) is 51.8 Å². The number of rotatable bonds is 1.